The lowest BCUT2D eigenvalue weighted by Crippen LogP contribution is -2.38. The largest absolute Gasteiger partial charge is 0.355 e. The highest BCUT2D eigenvalue weighted by atomic mass is 32.1. The average molecular weight is 399 g/mol. The van der Waals surface area contributed by atoms with Gasteiger partial charge < -0.3 is 10.3 Å². The number of nitrogens with one attached hydrogen (secondary N) is 2. The minimum absolute atomic E-state index is 0.00112. The van der Waals surface area contributed by atoms with Gasteiger partial charge in [-0.25, -0.2) is 4.98 Å². The quantitative estimate of drug-likeness (QED) is 0.579. The number of carbonyl (C=O) groups excluding carboxylic acids is 1. The van der Waals surface area contributed by atoms with Gasteiger partial charge in [-0.15, -0.1) is 11.3 Å². The fraction of sp³-hybridized carbons (Fsp3) is 0.381. The Kier molecular flexibility index (Phi) is 6.95. The first-order chi connectivity index (χ1) is 13.6. The molecular weight excluding hydrogens is 372 g/mol. The molecule has 6 nitrogen and oxygen atoms in total. The molecule has 0 aliphatic heterocycles. The third-order valence-electron chi connectivity index (χ3n) is 4.36. The molecule has 3 rings (SSSR count). The number of thiophene rings is 1. The summed E-state index contributed by atoms with van der Waals surface area (Å²) in [5, 5.41) is 3.51. The Morgan fingerprint density at radius 2 is 2.00 bits per heavy atom. The molecule has 0 atom stereocenters. The molecular formula is C21H26N4O2S. The van der Waals surface area contributed by atoms with Crippen LogP contribution in [0.1, 0.15) is 32.5 Å². The van der Waals surface area contributed by atoms with Gasteiger partial charge in [0.15, 0.2) is 0 Å². The molecule has 0 radical (unpaired) electrons. The van der Waals surface area contributed by atoms with Crippen LogP contribution in [0.4, 0.5) is 0 Å². The van der Waals surface area contributed by atoms with Crippen LogP contribution in [0.3, 0.4) is 0 Å². The van der Waals surface area contributed by atoms with Gasteiger partial charge in [-0.2, -0.15) is 0 Å². The van der Waals surface area contributed by atoms with Crippen molar-refractivity contribution in [3.8, 4) is 10.4 Å². The van der Waals surface area contributed by atoms with Crippen LogP contribution < -0.4 is 10.9 Å². The second-order valence-corrected chi connectivity index (χ2v) is 7.80. The minimum Gasteiger partial charge on any atom is -0.355 e. The van der Waals surface area contributed by atoms with Crippen LogP contribution in [-0.4, -0.2) is 40.4 Å². The Morgan fingerprint density at radius 1 is 1.21 bits per heavy atom. The Balaban J connectivity index is 1.82. The van der Waals surface area contributed by atoms with Crippen molar-refractivity contribution in [2.45, 2.75) is 33.2 Å². The summed E-state index contributed by atoms with van der Waals surface area (Å²) < 4.78 is 0. The Bertz CT molecular complexity index is 981. The van der Waals surface area contributed by atoms with Crippen molar-refractivity contribution in [3.63, 3.8) is 0 Å². The number of benzene rings is 1. The van der Waals surface area contributed by atoms with Crippen molar-refractivity contribution in [2.24, 2.45) is 0 Å². The zero-order valence-corrected chi connectivity index (χ0v) is 17.1. The lowest BCUT2D eigenvalue weighted by molar-refractivity contribution is -0.122. The molecule has 2 heterocycles. The van der Waals surface area contributed by atoms with E-state index in [2.05, 4.69) is 22.2 Å². The third kappa shape index (κ3) is 5.05. The highest BCUT2D eigenvalue weighted by Gasteiger charge is 2.14. The number of hydrogen-bond donors (Lipinski definition) is 2. The van der Waals surface area contributed by atoms with Crippen LogP contribution in [0.15, 0.2) is 41.2 Å². The van der Waals surface area contributed by atoms with Gasteiger partial charge in [-0.1, -0.05) is 44.2 Å². The van der Waals surface area contributed by atoms with Crippen molar-refractivity contribution >= 4 is 27.5 Å². The average Bonchev–Trinajstić information content (AvgIpc) is 3.12. The summed E-state index contributed by atoms with van der Waals surface area (Å²) in [5.74, 6) is 0.594. The lowest BCUT2D eigenvalue weighted by atomic mass is 10.2. The van der Waals surface area contributed by atoms with Crippen LogP contribution in [0.5, 0.6) is 0 Å². The van der Waals surface area contributed by atoms with Gasteiger partial charge in [0.05, 0.1) is 18.5 Å². The van der Waals surface area contributed by atoms with E-state index < -0.39 is 0 Å². The summed E-state index contributed by atoms with van der Waals surface area (Å²) in [6, 6.07) is 11.9. The van der Waals surface area contributed by atoms with Gasteiger partial charge in [-0.05, 0) is 31.0 Å². The maximum Gasteiger partial charge on any atom is 0.259 e. The van der Waals surface area contributed by atoms with Gasteiger partial charge in [0.2, 0.25) is 5.91 Å². The summed E-state index contributed by atoms with van der Waals surface area (Å²) in [6.45, 7) is 6.28. The first-order valence-corrected chi connectivity index (χ1v) is 10.5. The number of carbonyl (C=O) groups is 1. The number of H-pyrrole nitrogens is 1. The zero-order chi connectivity index (χ0) is 19.9. The molecule has 7 heteroatoms. The van der Waals surface area contributed by atoms with Crippen LogP contribution in [0, 0.1) is 0 Å². The maximum absolute atomic E-state index is 12.6. The minimum atomic E-state index is -0.134. The first kappa shape index (κ1) is 20.2. The molecule has 3 aromatic rings. The fourth-order valence-corrected chi connectivity index (χ4v) is 4.12. The Morgan fingerprint density at radius 3 is 2.71 bits per heavy atom. The SMILES string of the molecule is CCCNC(=O)CN(CCC)Cc1nc2sc(-c3ccccc3)cc2c(=O)[nH]1. The lowest BCUT2D eigenvalue weighted by Gasteiger charge is -2.20. The first-order valence-electron chi connectivity index (χ1n) is 9.68. The van der Waals surface area contributed by atoms with E-state index in [4.69, 9.17) is 0 Å². The molecule has 0 aliphatic carbocycles. The van der Waals surface area contributed by atoms with E-state index in [0.717, 1.165) is 34.7 Å². The van der Waals surface area contributed by atoms with Crippen molar-refractivity contribution in [1.82, 2.24) is 20.2 Å². The topological polar surface area (TPSA) is 78.1 Å². The molecule has 0 spiro atoms. The molecule has 0 bridgehead atoms. The molecule has 1 aromatic carbocycles. The van der Waals surface area contributed by atoms with E-state index in [9.17, 15) is 9.59 Å². The summed E-state index contributed by atoms with van der Waals surface area (Å²) in [6.07, 6.45) is 1.83. The number of aromatic amines is 1. The molecule has 0 fully saturated rings. The van der Waals surface area contributed by atoms with Crippen LogP contribution >= 0.6 is 11.3 Å². The monoisotopic (exact) mass is 398 g/mol. The van der Waals surface area contributed by atoms with E-state index in [1.54, 1.807) is 0 Å². The molecule has 2 aromatic heterocycles. The van der Waals surface area contributed by atoms with E-state index in [0.29, 0.717) is 30.8 Å². The molecule has 0 aliphatic rings. The third-order valence-corrected chi connectivity index (χ3v) is 5.44. The second-order valence-electron chi connectivity index (χ2n) is 6.77. The van der Waals surface area contributed by atoms with Gasteiger partial charge in [0, 0.05) is 11.4 Å². The molecule has 2 N–H and O–H groups in total. The summed E-state index contributed by atoms with van der Waals surface area (Å²) in [5.41, 5.74) is 0.942. The smallest absolute Gasteiger partial charge is 0.259 e. The van der Waals surface area contributed by atoms with E-state index >= 15 is 0 Å². The highest BCUT2D eigenvalue weighted by molar-refractivity contribution is 7.21. The predicted octanol–water partition coefficient (Wildman–Crippen LogP) is 3.39. The second kappa shape index (κ2) is 9.61. The molecule has 0 saturated carbocycles. The van der Waals surface area contributed by atoms with Crippen molar-refractivity contribution < 1.29 is 4.79 Å². The molecule has 148 valence electrons. The number of nitrogens with zero attached hydrogens (tertiary/aromatic N) is 2. The van der Waals surface area contributed by atoms with E-state index in [-0.39, 0.29) is 11.5 Å². The molecule has 1 amide bonds. The summed E-state index contributed by atoms with van der Waals surface area (Å²) in [7, 11) is 0. The molecule has 28 heavy (non-hydrogen) atoms. The normalized spacial score (nSPS) is 11.2. The van der Waals surface area contributed by atoms with E-state index in [1.807, 2.05) is 48.2 Å². The van der Waals surface area contributed by atoms with Gasteiger partial charge in [0.1, 0.15) is 10.7 Å². The molecule has 0 saturated heterocycles. The molecule has 0 unspecified atom stereocenters. The van der Waals surface area contributed by atoms with Crippen LogP contribution in [0.25, 0.3) is 20.7 Å². The summed E-state index contributed by atoms with van der Waals surface area (Å²) in [4.78, 5) is 35.9. The standard InChI is InChI=1S/C21H26N4O2S/c1-3-10-22-19(26)14-25(11-4-2)13-18-23-20(27)16-12-17(28-21(16)24-18)15-8-6-5-7-9-15/h5-9,12H,3-4,10-11,13-14H2,1-2H3,(H,22,26)(H,23,24,27). The number of fused-ring (bicyclic) bond motifs is 1. The fourth-order valence-electron chi connectivity index (χ4n) is 3.06. The van der Waals surface area contributed by atoms with Gasteiger partial charge in [0.25, 0.3) is 5.56 Å². The number of hydrogen-bond acceptors (Lipinski definition) is 5. The number of amides is 1. The van der Waals surface area contributed by atoms with Crippen molar-refractivity contribution in [1.29, 1.82) is 0 Å². The number of aromatic nitrogens is 2. The van der Waals surface area contributed by atoms with Crippen LogP contribution in [-0.2, 0) is 11.3 Å². The van der Waals surface area contributed by atoms with Crippen molar-refractivity contribution in [2.75, 3.05) is 19.6 Å². The Hall–Kier alpha value is -2.51. The highest BCUT2D eigenvalue weighted by Crippen LogP contribution is 2.30. The van der Waals surface area contributed by atoms with Crippen LogP contribution in [0.2, 0.25) is 0 Å². The predicted molar refractivity (Wildman–Crippen MR) is 115 cm³/mol. The number of rotatable bonds is 9. The van der Waals surface area contributed by atoms with E-state index in [1.165, 1.54) is 11.3 Å². The van der Waals surface area contributed by atoms with Gasteiger partial charge in [-0.3, -0.25) is 14.5 Å². The zero-order valence-electron chi connectivity index (χ0n) is 16.3. The summed E-state index contributed by atoms with van der Waals surface area (Å²) >= 11 is 1.52. The Labute approximate surface area is 168 Å². The van der Waals surface area contributed by atoms with Crippen molar-refractivity contribution in [3.05, 3.63) is 52.6 Å². The maximum atomic E-state index is 12.6. The van der Waals surface area contributed by atoms with Gasteiger partial charge >= 0.3 is 0 Å².